The molecule has 3 N–H and O–H groups in total. The SMILES string of the molecule is O=C(O)CCC(=O)N1CCC(CN2CCN(c3ccc(NC4CCC(=O)NC4=O)cc3C(F)(F)F)CC2)CC1. The average Bonchev–Trinajstić information content (AvgIpc) is 2.89. The molecule has 0 saturated carbocycles. The number of alkyl halides is 3. The molecule has 0 radical (unpaired) electrons. The van der Waals surface area contributed by atoms with E-state index in [1.807, 2.05) is 0 Å². The van der Waals surface area contributed by atoms with Gasteiger partial charge in [-0.25, -0.2) is 0 Å². The first-order chi connectivity index (χ1) is 18.5. The third kappa shape index (κ3) is 7.61. The number of carbonyl (C=O) groups excluding carboxylic acids is 3. The van der Waals surface area contributed by atoms with Crippen molar-refractivity contribution < 1.29 is 37.5 Å². The molecule has 3 heterocycles. The summed E-state index contributed by atoms with van der Waals surface area (Å²) < 4.78 is 42.0. The largest absolute Gasteiger partial charge is 0.481 e. The van der Waals surface area contributed by atoms with E-state index >= 15 is 0 Å². The summed E-state index contributed by atoms with van der Waals surface area (Å²) in [6, 6.07) is 3.22. The van der Waals surface area contributed by atoms with E-state index in [0.717, 1.165) is 25.5 Å². The molecular weight excluding hydrogens is 519 g/mol. The number of hydrogen-bond donors (Lipinski definition) is 3. The monoisotopic (exact) mass is 553 g/mol. The second kappa shape index (κ2) is 12.2. The van der Waals surface area contributed by atoms with Crippen molar-refractivity contribution >= 4 is 35.1 Å². The van der Waals surface area contributed by atoms with Crippen LogP contribution in [0.4, 0.5) is 24.5 Å². The topological polar surface area (TPSA) is 122 Å². The van der Waals surface area contributed by atoms with Crippen LogP contribution in [0.5, 0.6) is 0 Å². The van der Waals surface area contributed by atoms with Crippen molar-refractivity contribution in [2.75, 3.05) is 56.0 Å². The Balaban J connectivity index is 1.30. The van der Waals surface area contributed by atoms with E-state index in [0.29, 0.717) is 45.2 Å². The fourth-order valence-corrected chi connectivity index (χ4v) is 5.43. The van der Waals surface area contributed by atoms with Crippen molar-refractivity contribution in [1.82, 2.24) is 15.1 Å². The molecule has 1 aromatic rings. The van der Waals surface area contributed by atoms with Gasteiger partial charge in [0, 0.05) is 70.0 Å². The predicted octanol–water partition coefficient (Wildman–Crippen LogP) is 2.15. The smallest absolute Gasteiger partial charge is 0.418 e. The average molecular weight is 554 g/mol. The molecule has 0 spiro atoms. The Bertz CT molecular complexity index is 1080. The van der Waals surface area contributed by atoms with Gasteiger partial charge in [-0.15, -0.1) is 0 Å². The quantitative estimate of drug-likeness (QED) is 0.419. The van der Waals surface area contributed by atoms with E-state index in [9.17, 15) is 32.3 Å². The molecule has 1 unspecified atom stereocenters. The Morgan fingerprint density at radius 3 is 2.31 bits per heavy atom. The molecule has 3 aliphatic rings. The molecule has 214 valence electrons. The van der Waals surface area contributed by atoms with Crippen LogP contribution >= 0.6 is 0 Å². The Hall–Kier alpha value is -3.35. The summed E-state index contributed by atoms with van der Waals surface area (Å²) >= 11 is 0. The van der Waals surface area contributed by atoms with E-state index in [-0.39, 0.29) is 43.0 Å². The molecule has 1 atom stereocenters. The number of carboxylic acids is 1. The van der Waals surface area contributed by atoms with Crippen molar-refractivity contribution in [1.29, 1.82) is 0 Å². The minimum atomic E-state index is -4.58. The molecular formula is C26H34F3N5O5. The Labute approximate surface area is 224 Å². The van der Waals surface area contributed by atoms with Gasteiger partial charge in [0.1, 0.15) is 6.04 Å². The summed E-state index contributed by atoms with van der Waals surface area (Å²) in [6.45, 7) is 4.11. The van der Waals surface area contributed by atoms with Gasteiger partial charge in [-0.05, 0) is 43.4 Å². The number of carboxylic acid groups (broad SMARTS) is 1. The lowest BCUT2D eigenvalue weighted by atomic mass is 9.95. The lowest BCUT2D eigenvalue weighted by Crippen LogP contribution is -2.49. The van der Waals surface area contributed by atoms with E-state index in [4.69, 9.17) is 5.11 Å². The molecule has 0 aliphatic carbocycles. The third-order valence-corrected chi connectivity index (χ3v) is 7.63. The maximum atomic E-state index is 14.0. The number of hydrogen-bond acceptors (Lipinski definition) is 7. The molecule has 3 fully saturated rings. The van der Waals surface area contributed by atoms with Gasteiger partial charge in [-0.1, -0.05) is 0 Å². The molecule has 13 heteroatoms. The lowest BCUT2D eigenvalue weighted by Gasteiger charge is -2.40. The Morgan fingerprint density at radius 1 is 1.00 bits per heavy atom. The molecule has 1 aromatic carbocycles. The molecule has 39 heavy (non-hydrogen) atoms. The normalized spacial score (nSPS) is 21.6. The highest BCUT2D eigenvalue weighted by molar-refractivity contribution is 6.01. The highest BCUT2D eigenvalue weighted by Gasteiger charge is 2.37. The maximum Gasteiger partial charge on any atom is 0.418 e. The number of piperidine rings is 2. The molecule has 3 aliphatic heterocycles. The van der Waals surface area contributed by atoms with Crippen LogP contribution in [0, 0.1) is 5.92 Å². The summed E-state index contributed by atoms with van der Waals surface area (Å²) in [6.07, 6.45) is -2.76. The second-order valence-corrected chi connectivity index (χ2v) is 10.4. The Morgan fingerprint density at radius 2 is 1.69 bits per heavy atom. The number of nitrogens with zero attached hydrogens (tertiary/aromatic N) is 3. The predicted molar refractivity (Wildman–Crippen MR) is 136 cm³/mol. The van der Waals surface area contributed by atoms with Crippen LogP contribution in [0.25, 0.3) is 0 Å². The van der Waals surface area contributed by atoms with Crippen molar-refractivity contribution in [3.8, 4) is 0 Å². The minimum Gasteiger partial charge on any atom is -0.481 e. The van der Waals surface area contributed by atoms with Gasteiger partial charge in [-0.2, -0.15) is 13.2 Å². The van der Waals surface area contributed by atoms with Gasteiger partial charge in [-0.3, -0.25) is 29.4 Å². The van der Waals surface area contributed by atoms with Gasteiger partial charge in [0.2, 0.25) is 17.7 Å². The minimum absolute atomic E-state index is 0.00976. The van der Waals surface area contributed by atoms with Gasteiger partial charge in [0.15, 0.2) is 0 Å². The number of anilines is 2. The number of rotatable bonds is 8. The first kappa shape index (κ1) is 28.7. The van der Waals surface area contributed by atoms with Crippen LogP contribution in [-0.4, -0.2) is 90.5 Å². The van der Waals surface area contributed by atoms with Gasteiger partial charge >= 0.3 is 12.1 Å². The number of likely N-dealkylation sites (tertiary alicyclic amines) is 1. The van der Waals surface area contributed by atoms with E-state index in [2.05, 4.69) is 15.5 Å². The van der Waals surface area contributed by atoms with Crippen molar-refractivity contribution in [3.05, 3.63) is 23.8 Å². The number of amides is 3. The molecule has 10 nitrogen and oxygen atoms in total. The summed E-state index contributed by atoms with van der Waals surface area (Å²) in [5.41, 5.74) is -0.496. The van der Waals surface area contributed by atoms with Crippen LogP contribution < -0.4 is 15.5 Å². The first-order valence-electron chi connectivity index (χ1n) is 13.3. The van der Waals surface area contributed by atoms with Gasteiger partial charge < -0.3 is 20.2 Å². The number of carbonyl (C=O) groups is 4. The van der Waals surface area contributed by atoms with Crippen LogP contribution in [0.1, 0.15) is 44.1 Å². The second-order valence-electron chi connectivity index (χ2n) is 10.4. The number of nitrogens with one attached hydrogen (secondary N) is 2. The van der Waals surface area contributed by atoms with E-state index in [1.54, 1.807) is 9.80 Å². The van der Waals surface area contributed by atoms with Crippen molar-refractivity contribution in [3.63, 3.8) is 0 Å². The summed E-state index contributed by atoms with van der Waals surface area (Å²) in [5, 5.41) is 13.8. The zero-order valence-corrected chi connectivity index (χ0v) is 21.6. The fraction of sp³-hybridized carbons (Fsp3) is 0.615. The van der Waals surface area contributed by atoms with E-state index in [1.165, 1.54) is 12.1 Å². The van der Waals surface area contributed by atoms with Gasteiger partial charge in [0.25, 0.3) is 0 Å². The number of piperazine rings is 1. The highest BCUT2D eigenvalue weighted by atomic mass is 19.4. The molecule has 0 aromatic heterocycles. The summed E-state index contributed by atoms with van der Waals surface area (Å²) in [5.74, 6) is -1.68. The number of halogens is 3. The van der Waals surface area contributed by atoms with Crippen molar-refractivity contribution in [2.24, 2.45) is 5.92 Å². The standard InChI is InChI=1S/C26H34F3N5O5/c27-26(28,29)19-15-18(30-20-2-4-22(35)31-25(20)39)1-3-21(19)33-13-11-32(12-14-33)16-17-7-9-34(10-8-17)23(36)5-6-24(37)38/h1,3,15,17,20,30H,2,4-14,16H2,(H,37,38)(H,31,35,39). The van der Waals surface area contributed by atoms with Crippen molar-refractivity contribution in [2.45, 2.75) is 50.7 Å². The summed E-state index contributed by atoms with van der Waals surface area (Å²) in [4.78, 5) is 51.9. The van der Waals surface area contributed by atoms with Crippen LogP contribution in [0.2, 0.25) is 0 Å². The number of aliphatic carboxylic acids is 1. The number of imide groups is 1. The zero-order valence-electron chi connectivity index (χ0n) is 21.6. The van der Waals surface area contributed by atoms with Gasteiger partial charge in [0.05, 0.1) is 12.0 Å². The molecule has 3 saturated heterocycles. The zero-order chi connectivity index (χ0) is 28.2. The van der Waals surface area contributed by atoms with Crippen LogP contribution in [0.3, 0.4) is 0 Å². The molecule has 4 rings (SSSR count). The summed E-state index contributed by atoms with van der Waals surface area (Å²) in [7, 11) is 0. The van der Waals surface area contributed by atoms with Crippen LogP contribution in [0.15, 0.2) is 18.2 Å². The third-order valence-electron chi connectivity index (χ3n) is 7.63. The Kier molecular flexibility index (Phi) is 8.98. The fourth-order valence-electron chi connectivity index (χ4n) is 5.43. The first-order valence-corrected chi connectivity index (χ1v) is 13.3. The van der Waals surface area contributed by atoms with Crippen LogP contribution in [-0.2, 0) is 25.4 Å². The van der Waals surface area contributed by atoms with E-state index < -0.39 is 35.6 Å². The lowest BCUT2D eigenvalue weighted by molar-refractivity contribution is -0.141. The molecule has 3 amide bonds. The maximum absolute atomic E-state index is 14.0. The number of benzene rings is 1. The highest BCUT2D eigenvalue weighted by Crippen LogP contribution is 2.39. The molecule has 0 bridgehead atoms.